The highest BCUT2D eigenvalue weighted by Crippen LogP contribution is 2.31. The molecule has 0 saturated carbocycles. The van der Waals surface area contributed by atoms with Gasteiger partial charge >= 0.3 is 0 Å². The van der Waals surface area contributed by atoms with E-state index >= 15 is 0 Å². The lowest BCUT2D eigenvalue weighted by Crippen LogP contribution is -2.34. The average molecular weight is 354 g/mol. The van der Waals surface area contributed by atoms with E-state index in [0.29, 0.717) is 6.61 Å². The van der Waals surface area contributed by atoms with E-state index in [1.165, 1.54) is 19.3 Å². The molecule has 0 bridgehead atoms. The van der Waals surface area contributed by atoms with Gasteiger partial charge in [-0.2, -0.15) is 0 Å². The molecule has 0 aliphatic rings. The summed E-state index contributed by atoms with van der Waals surface area (Å²) >= 11 is 2.25. The molecule has 0 aliphatic carbocycles. The third kappa shape index (κ3) is 7.42. The number of halogens is 1. The Kier molecular flexibility index (Phi) is 9.55. The van der Waals surface area contributed by atoms with Crippen molar-refractivity contribution in [2.75, 3.05) is 6.61 Å². The molecule has 0 radical (unpaired) electrons. The van der Waals surface area contributed by atoms with Gasteiger partial charge in [0.2, 0.25) is 0 Å². The van der Waals surface area contributed by atoms with Crippen LogP contribution in [0.1, 0.15) is 53.9 Å². The van der Waals surface area contributed by atoms with Gasteiger partial charge in [-0.15, -0.1) is 0 Å². The summed E-state index contributed by atoms with van der Waals surface area (Å²) in [4.78, 5) is 0. The zero-order valence-corrected chi connectivity index (χ0v) is 14.0. The number of hydrogen-bond donors (Lipinski definition) is 0. The van der Waals surface area contributed by atoms with Crippen LogP contribution < -0.4 is 0 Å². The van der Waals surface area contributed by atoms with Crippen LogP contribution in [0.2, 0.25) is 0 Å². The van der Waals surface area contributed by atoms with Crippen LogP contribution in [0.25, 0.3) is 0 Å². The third-order valence-corrected chi connectivity index (χ3v) is 3.35. The van der Waals surface area contributed by atoms with Crippen LogP contribution in [0.3, 0.4) is 0 Å². The minimum absolute atomic E-state index is 0.118. The van der Waals surface area contributed by atoms with Crippen molar-refractivity contribution < 1.29 is 9.47 Å². The van der Waals surface area contributed by atoms with Crippen molar-refractivity contribution in [2.24, 2.45) is 5.41 Å². The molecular weight excluding hydrogens is 327 g/mol. The van der Waals surface area contributed by atoms with E-state index in [-0.39, 0.29) is 17.8 Å². The van der Waals surface area contributed by atoms with Gasteiger partial charge in [-0.05, 0) is 35.8 Å². The molecule has 0 saturated heterocycles. The van der Waals surface area contributed by atoms with Crippen molar-refractivity contribution in [3.8, 4) is 0 Å². The molecule has 0 heterocycles. The van der Waals surface area contributed by atoms with Crippen LogP contribution in [0.5, 0.6) is 0 Å². The summed E-state index contributed by atoms with van der Waals surface area (Å²) in [5.41, 5.74) is 0.156. The molecule has 17 heavy (non-hydrogen) atoms. The highest BCUT2D eigenvalue weighted by Gasteiger charge is 2.29. The minimum Gasteiger partial charge on any atom is -0.353 e. The van der Waals surface area contributed by atoms with E-state index in [0.717, 1.165) is 0 Å². The van der Waals surface area contributed by atoms with Gasteiger partial charge in [-0.1, -0.05) is 56.2 Å². The molecule has 0 amide bonds. The number of ether oxygens (including phenoxy) is 2. The van der Waals surface area contributed by atoms with E-state index in [2.05, 4.69) is 49.4 Å². The lowest BCUT2D eigenvalue weighted by Gasteiger charge is -2.34. The van der Waals surface area contributed by atoms with Gasteiger partial charge in [0.1, 0.15) is 0 Å². The van der Waals surface area contributed by atoms with Gasteiger partial charge in [0.05, 0.1) is 6.10 Å². The molecule has 102 valence electrons. The van der Waals surface area contributed by atoms with Crippen LogP contribution in [0.15, 0.2) is 10.2 Å². The second-order valence-corrected chi connectivity index (χ2v) is 5.71. The predicted octanol–water partition coefficient (Wildman–Crippen LogP) is 4.92. The Balaban J connectivity index is 4.48. The van der Waals surface area contributed by atoms with Crippen LogP contribution in [-0.4, -0.2) is 19.0 Å². The second-order valence-electron chi connectivity index (χ2n) is 4.99. The molecule has 0 N–H and O–H groups in total. The molecule has 0 spiro atoms. The molecule has 0 aliphatic heterocycles. The molecule has 2 nitrogen and oxygen atoms in total. The van der Waals surface area contributed by atoms with Crippen molar-refractivity contribution in [3.05, 3.63) is 10.2 Å². The van der Waals surface area contributed by atoms with Gasteiger partial charge in [0, 0.05) is 6.61 Å². The zero-order chi connectivity index (χ0) is 13.3. The lowest BCUT2D eigenvalue weighted by molar-refractivity contribution is -0.169. The van der Waals surface area contributed by atoms with Crippen molar-refractivity contribution in [1.29, 1.82) is 0 Å². The molecular formula is C14H27IO2. The highest BCUT2D eigenvalue weighted by molar-refractivity contribution is 14.1. The van der Waals surface area contributed by atoms with Crippen LogP contribution in [0.4, 0.5) is 0 Å². The van der Waals surface area contributed by atoms with E-state index < -0.39 is 0 Å². The summed E-state index contributed by atoms with van der Waals surface area (Å²) in [6.07, 6.45) is 5.75. The maximum Gasteiger partial charge on any atom is 0.155 e. The highest BCUT2D eigenvalue weighted by atomic mass is 127. The SMILES string of the molecule is CCCCC(C)(C)C(C=CI)OC(C)OCC. The minimum atomic E-state index is -0.140. The van der Waals surface area contributed by atoms with Gasteiger partial charge in [0.25, 0.3) is 0 Å². The Morgan fingerprint density at radius 3 is 2.41 bits per heavy atom. The summed E-state index contributed by atoms with van der Waals surface area (Å²) in [6, 6.07) is 0. The summed E-state index contributed by atoms with van der Waals surface area (Å²) in [5, 5.41) is 0. The van der Waals surface area contributed by atoms with E-state index in [1.54, 1.807) is 0 Å². The molecule has 3 heteroatoms. The predicted molar refractivity (Wildman–Crippen MR) is 82.4 cm³/mol. The molecule has 0 aromatic heterocycles. The monoisotopic (exact) mass is 354 g/mol. The maximum atomic E-state index is 5.98. The first-order chi connectivity index (χ1) is 7.97. The van der Waals surface area contributed by atoms with Crippen molar-refractivity contribution in [2.45, 2.75) is 66.3 Å². The summed E-state index contributed by atoms with van der Waals surface area (Å²) in [7, 11) is 0. The van der Waals surface area contributed by atoms with Crippen LogP contribution >= 0.6 is 22.6 Å². The Morgan fingerprint density at radius 1 is 1.29 bits per heavy atom. The fourth-order valence-corrected chi connectivity index (χ4v) is 2.19. The van der Waals surface area contributed by atoms with Crippen molar-refractivity contribution in [3.63, 3.8) is 0 Å². The van der Waals surface area contributed by atoms with E-state index in [4.69, 9.17) is 9.47 Å². The van der Waals surface area contributed by atoms with Crippen LogP contribution in [0, 0.1) is 5.41 Å². The van der Waals surface area contributed by atoms with Crippen molar-refractivity contribution >= 4 is 22.6 Å². The first kappa shape index (κ1) is 17.4. The smallest absolute Gasteiger partial charge is 0.155 e. The maximum absolute atomic E-state index is 5.98. The topological polar surface area (TPSA) is 18.5 Å². The van der Waals surface area contributed by atoms with Gasteiger partial charge in [-0.3, -0.25) is 0 Å². The average Bonchev–Trinajstić information content (AvgIpc) is 2.26. The molecule has 0 rings (SSSR count). The standard InChI is InChI=1S/C14H27IO2/c1-6-8-10-14(4,5)13(9-11-15)17-12(3)16-7-2/h9,11-13H,6-8,10H2,1-5H3. The number of unbranched alkanes of at least 4 members (excludes halogenated alkanes) is 1. The largest absolute Gasteiger partial charge is 0.353 e. The summed E-state index contributed by atoms with van der Waals surface area (Å²) < 4.78 is 13.5. The first-order valence-electron chi connectivity index (χ1n) is 6.51. The lowest BCUT2D eigenvalue weighted by atomic mass is 9.81. The van der Waals surface area contributed by atoms with Gasteiger partial charge < -0.3 is 9.47 Å². The Bertz CT molecular complexity index is 214. The molecule has 0 aromatic carbocycles. The fourth-order valence-electron chi connectivity index (χ4n) is 1.81. The molecule has 0 aromatic rings. The second kappa shape index (κ2) is 9.34. The molecule has 0 fully saturated rings. The number of rotatable bonds is 9. The Labute approximate surface area is 120 Å². The Hall–Kier alpha value is 0.390. The summed E-state index contributed by atoms with van der Waals surface area (Å²) in [6.45, 7) is 11.4. The van der Waals surface area contributed by atoms with Crippen molar-refractivity contribution in [1.82, 2.24) is 0 Å². The molecule has 2 unspecified atom stereocenters. The normalized spacial score (nSPS) is 16.4. The van der Waals surface area contributed by atoms with E-state index in [1.807, 2.05) is 17.9 Å². The van der Waals surface area contributed by atoms with E-state index in [9.17, 15) is 0 Å². The fraction of sp³-hybridized carbons (Fsp3) is 0.857. The quantitative estimate of drug-likeness (QED) is 0.432. The van der Waals surface area contributed by atoms with Crippen LogP contribution in [-0.2, 0) is 9.47 Å². The Morgan fingerprint density at radius 2 is 1.94 bits per heavy atom. The zero-order valence-electron chi connectivity index (χ0n) is 11.8. The summed E-state index contributed by atoms with van der Waals surface area (Å²) in [5.74, 6) is 0. The van der Waals surface area contributed by atoms with Gasteiger partial charge in [0.15, 0.2) is 6.29 Å². The number of hydrogen-bond acceptors (Lipinski definition) is 2. The third-order valence-electron chi connectivity index (χ3n) is 2.93. The first-order valence-corrected chi connectivity index (χ1v) is 7.76. The molecule has 2 atom stereocenters. The van der Waals surface area contributed by atoms with Gasteiger partial charge in [-0.25, -0.2) is 0 Å².